The van der Waals surface area contributed by atoms with Crippen LogP contribution >= 0.6 is 11.3 Å². The molecule has 3 N–H and O–H groups in total. The molecule has 0 unspecified atom stereocenters. The number of fused-ring (bicyclic) bond motifs is 2. The van der Waals surface area contributed by atoms with E-state index in [9.17, 15) is 18.4 Å². The van der Waals surface area contributed by atoms with Gasteiger partial charge in [-0.3, -0.25) is 9.59 Å². The number of primary amides is 1. The molecule has 3 heterocycles. The Labute approximate surface area is 246 Å². The Morgan fingerprint density at radius 1 is 1.07 bits per heavy atom. The number of nitrogens with two attached hydrogens (primary N) is 1. The molecule has 6 nitrogen and oxygen atoms in total. The first-order valence-electron chi connectivity index (χ1n) is 13.9. The van der Waals surface area contributed by atoms with Gasteiger partial charge >= 0.3 is 0 Å². The molecule has 5 aromatic rings. The van der Waals surface area contributed by atoms with E-state index >= 15 is 0 Å². The Bertz CT molecular complexity index is 1820. The number of thiophene rings is 1. The van der Waals surface area contributed by atoms with E-state index < -0.39 is 5.91 Å². The molecule has 0 radical (unpaired) electrons. The normalized spacial score (nSPS) is 14.5. The molecule has 0 fully saturated rings. The van der Waals surface area contributed by atoms with Crippen molar-refractivity contribution >= 4 is 34.2 Å². The summed E-state index contributed by atoms with van der Waals surface area (Å²) in [5.74, 6) is -1.24. The number of nitrogens with one attached hydrogen (secondary N) is 1. The van der Waals surface area contributed by atoms with Crippen molar-refractivity contribution in [3.63, 3.8) is 0 Å². The number of hydrogen-bond donors (Lipinski definition) is 2. The third-order valence-electron chi connectivity index (χ3n) is 7.66. The van der Waals surface area contributed by atoms with Gasteiger partial charge in [-0.25, -0.2) is 13.8 Å². The Balaban J connectivity index is 1.40. The SMILES string of the molecule is CC(C)Cc1nc2c(ccn2Cc2ccc(F)cc2)c(-c2ccc(C(=O)N[C@H]3CCc4ccc(F)cc43)s2)c1C(N)=O. The quantitative estimate of drug-likeness (QED) is 0.210. The number of hydrogen-bond acceptors (Lipinski definition) is 4. The number of carbonyl (C=O) groups excluding carboxylic acids is 2. The van der Waals surface area contributed by atoms with Crippen molar-refractivity contribution in [3.05, 3.63) is 111 Å². The van der Waals surface area contributed by atoms with Crippen molar-refractivity contribution in [2.45, 2.75) is 45.7 Å². The number of carbonyl (C=O) groups is 2. The number of rotatable bonds is 8. The first kappa shape index (κ1) is 27.8. The maximum absolute atomic E-state index is 13.9. The van der Waals surface area contributed by atoms with Crippen molar-refractivity contribution in [1.82, 2.24) is 14.9 Å². The largest absolute Gasteiger partial charge is 0.366 e. The van der Waals surface area contributed by atoms with Crippen molar-refractivity contribution in [1.29, 1.82) is 0 Å². The number of aryl methyl sites for hydroxylation is 1. The standard InChI is InChI=1S/C33H30F2N4O2S/c1-18(2)15-26-30(31(36)40)29(23-13-14-39(32(23)37-26)17-19-3-7-21(34)8-4-19)27-11-12-28(42-27)33(41)38-25-10-6-20-5-9-22(35)16-24(20)25/h3-5,7-9,11-14,16,18,25H,6,10,15,17H2,1-2H3,(H2,36,40)(H,38,41)/t25-/m0/s1. The fraction of sp³-hybridized carbons (Fsp3) is 0.242. The lowest BCUT2D eigenvalue weighted by Crippen LogP contribution is -2.26. The zero-order chi connectivity index (χ0) is 29.5. The van der Waals surface area contributed by atoms with Gasteiger partial charge in [0.25, 0.3) is 11.8 Å². The Hall–Kier alpha value is -4.37. The highest BCUT2D eigenvalue weighted by Crippen LogP contribution is 2.39. The van der Waals surface area contributed by atoms with E-state index in [4.69, 9.17) is 10.7 Å². The molecule has 0 saturated carbocycles. The van der Waals surface area contributed by atoms with Gasteiger partial charge in [0.1, 0.15) is 17.3 Å². The van der Waals surface area contributed by atoms with E-state index in [2.05, 4.69) is 19.2 Å². The third kappa shape index (κ3) is 5.32. The first-order valence-corrected chi connectivity index (χ1v) is 14.7. The second-order valence-corrected chi connectivity index (χ2v) is 12.2. The zero-order valence-electron chi connectivity index (χ0n) is 23.3. The predicted molar refractivity (Wildman–Crippen MR) is 161 cm³/mol. The Kier molecular flexibility index (Phi) is 7.36. The fourth-order valence-electron chi connectivity index (χ4n) is 5.76. The molecule has 0 aliphatic heterocycles. The second-order valence-electron chi connectivity index (χ2n) is 11.1. The molecule has 42 heavy (non-hydrogen) atoms. The monoisotopic (exact) mass is 584 g/mol. The van der Waals surface area contributed by atoms with Gasteiger partial charge < -0.3 is 15.6 Å². The number of aromatic nitrogens is 2. The molecule has 3 aromatic heterocycles. The Morgan fingerprint density at radius 2 is 1.83 bits per heavy atom. The third-order valence-corrected chi connectivity index (χ3v) is 8.77. The lowest BCUT2D eigenvalue weighted by Gasteiger charge is -2.15. The summed E-state index contributed by atoms with van der Waals surface area (Å²) in [4.78, 5) is 32.4. The van der Waals surface area contributed by atoms with Crippen molar-refractivity contribution in [2.75, 3.05) is 0 Å². The number of halogens is 2. The van der Waals surface area contributed by atoms with Crippen LogP contribution in [0, 0.1) is 17.6 Å². The van der Waals surface area contributed by atoms with Gasteiger partial charge in [-0.05, 0) is 84.3 Å². The van der Waals surface area contributed by atoms with Crippen LogP contribution in [0.2, 0.25) is 0 Å². The predicted octanol–water partition coefficient (Wildman–Crippen LogP) is 6.81. The summed E-state index contributed by atoms with van der Waals surface area (Å²) in [5.41, 5.74) is 11.0. The molecule has 1 aliphatic carbocycles. The summed E-state index contributed by atoms with van der Waals surface area (Å²) >= 11 is 1.28. The minimum absolute atomic E-state index is 0.213. The Morgan fingerprint density at radius 3 is 2.57 bits per heavy atom. The van der Waals surface area contributed by atoms with Crippen LogP contribution in [0.1, 0.15) is 68.7 Å². The van der Waals surface area contributed by atoms with Crippen LogP contribution in [-0.2, 0) is 19.4 Å². The molecule has 0 bridgehead atoms. The molecule has 1 aliphatic rings. The molecule has 0 spiro atoms. The van der Waals surface area contributed by atoms with Gasteiger partial charge in [-0.1, -0.05) is 32.0 Å². The van der Waals surface area contributed by atoms with Gasteiger partial charge in [0.15, 0.2) is 0 Å². The first-order chi connectivity index (χ1) is 20.2. The van der Waals surface area contributed by atoms with E-state index in [1.165, 1.54) is 35.6 Å². The molecule has 9 heteroatoms. The van der Waals surface area contributed by atoms with Gasteiger partial charge in [-0.2, -0.15) is 0 Å². The molecular weight excluding hydrogens is 554 g/mol. The summed E-state index contributed by atoms with van der Waals surface area (Å²) in [5, 5.41) is 3.80. The molecule has 6 rings (SSSR count). The van der Waals surface area contributed by atoms with Crippen LogP contribution in [-0.4, -0.2) is 21.4 Å². The smallest absolute Gasteiger partial charge is 0.261 e. The number of nitrogens with zero attached hydrogens (tertiary/aromatic N) is 2. The number of amides is 2. The summed E-state index contributed by atoms with van der Waals surface area (Å²) in [6.45, 7) is 4.57. The average molecular weight is 585 g/mol. The van der Waals surface area contributed by atoms with Crippen LogP contribution in [0.4, 0.5) is 8.78 Å². The lowest BCUT2D eigenvalue weighted by atomic mass is 9.96. The van der Waals surface area contributed by atoms with Crippen LogP contribution in [0.15, 0.2) is 66.9 Å². The van der Waals surface area contributed by atoms with Crippen LogP contribution in [0.25, 0.3) is 21.5 Å². The van der Waals surface area contributed by atoms with E-state index in [0.717, 1.165) is 33.4 Å². The van der Waals surface area contributed by atoms with Gasteiger partial charge in [0, 0.05) is 28.6 Å². The van der Waals surface area contributed by atoms with E-state index in [1.54, 1.807) is 24.3 Å². The average Bonchev–Trinajstić information content (AvgIpc) is 3.68. The molecule has 1 atom stereocenters. The fourth-order valence-corrected chi connectivity index (χ4v) is 6.74. The van der Waals surface area contributed by atoms with Crippen molar-refractivity contribution in [3.8, 4) is 10.4 Å². The minimum Gasteiger partial charge on any atom is -0.366 e. The topological polar surface area (TPSA) is 90.0 Å². The van der Waals surface area contributed by atoms with Gasteiger partial charge in [-0.15, -0.1) is 11.3 Å². The molecule has 2 amide bonds. The van der Waals surface area contributed by atoms with Crippen LogP contribution in [0.5, 0.6) is 0 Å². The lowest BCUT2D eigenvalue weighted by molar-refractivity contribution is 0.0939. The maximum Gasteiger partial charge on any atom is 0.261 e. The van der Waals surface area contributed by atoms with E-state index in [-0.39, 0.29) is 29.5 Å². The molecule has 214 valence electrons. The highest BCUT2D eigenvalue weighted by Gasteiger charge is 2.27. The highest BCUT2D eigenvalue weighted by molar-refractivity contribution is 7.17. The van der Waals surface area contributed by atoms with Gasteiger partial charge in [0.05, 0.1) is 22.2 Å². The number of pyridine rings is 1. The molecule has 0 saturated heterocycles. The van der Waals surface area contributed by atoms with Crippen molar-refractivity contribution in [2.24, 2.45) is 11.7 Å². The maximum atomic E-state index is 13.9. The minimum atomic E-state index is -0.578. The second kappa shape index (κ2) is 11.1. The molecule has 2 aromatic carbocycles. The van der Waals surface area contributed by atoms with Gasteiger partial charge in [0.2, 0.25) is 0 Å². The summed E-state index contributed by atoms with van der Waals surface area (Å²) in [6.07, 6.45) is 3.92. The molecular formula is C33H30F2N4O2S. The van der Waals surface area contributed by atoms with Crippen LogP contribution < -0.4 is 11.1 Å². The van der Waals surface area contributed by atoms with E-state index in [1.807, 2.05) is 22.9 Å². The van der Waals surface area contributed by atoms with E-state index in [0.29, 0.717) is 46.7 Å². The number of benzene rings is 2. The summed E-state index contributed by atoms with van der Waals surface area (Å²) in [6, 6.07) is 16.2. The zero-order valence-corrected chi connectivity index (χ0v) is 24.1. The summed E-state index contributed by atoms with van der Waals surface area (Å²) < 4.78 is 29.4. The highest BCUT2D eigenvalue weighted by atomic mass is 32.1. The summed E-state index contributed by atoms with van der Waals surface area (Å²) in [7, 11) is 0. The van der Waals surface area contributed by atoms with Crippen molar-refractivity contribution < 1.29 is 18.4 Å². The van der Waals surface area contributed by atoms with Crippen LogP contribution in [0.3, 0.4) is 0 Å².